The molecule has 0 radical (unpaired) electrons. The lowest BCUT2D eigenvalue weighted by Gasteiger charge is -2.05. The van der Waals surface area contributed by atoms with Crippen LogP contribution in [0.15, 0.2) is 29.1 Å². The molecule has 0 atom stereocenters. The Labute approximate surface area is 102 Å². The Hall–Kier alpha value is -2.44. The van der Waals surface area contributed by atoms with Crippen LogP contribution in [0.3, 0.4) is 0 Å². The number of nitrogens with one attached hydrogen (secondary N) is 1. The molecule has 0 aliphatic heterocycles. The topological polar surface area (TPSA) is 77.2 Å². The number of aromatic nitrogens is 2. The predicted octanol–water partition coefficient (Wildman–Crippen LogP) is 1.15. The lowest BCUT2D eigenvalue weighted by atomic mass is 10.2. The molecule has 2 aromatic rings. The molecule has 1 amide bonds. The lowest BCUT2D eigenvalue weighted by molar-refractivity contribution is 0.0945. The summed E-state index contributed by atoms with van der Waals surface area (Å²) in [6.07, 6.45) is 1.15. The van der Waals surface area contributed by atoms with Crippen molar-refractivity contribution in [2.45, 2.75) is 6.54 Å². The van der Waals surface area contributed by atoms with Crippen molar-refractivity contribution in [3.05, 3.63) is 41.8 Å². The van der Waals surface area contributed by atoms with Crippen molar-refractivity contribution >= 4 is 5.91 Å². The maximum atomic E-state index is 13.6. The Morgan fingerprint density at radius 1 is 1.56 bits per heavy atom. The first-order valence-electron chi connectivity index (χ1n) is 5.07. The fourth-order valence-electron chi connectivity index (χ4n) is 1.33. The van der Waals surface area contributed by atoms with Crippen molar-refractivity contribution in [1.29, 1.82) is 0 Å². The first-order chi connectivity index (χ1) is 8.70. The molecule has 0 spiro atoms. The number of rotatable bonds is 4. The third-order valence-electron chi connectivity index (χ3n) is 2.23. The molecule has 0 fully saturated rings. The largest absolute Gasteiger partial charge is 0.497 e. The molecule has 18 heavy (non-hydrogen) atoms. The van der Waals surface area contributed by atoms with E-state index in [1.54, 1.807) is 0 Å². The van der Waals surface area contributed by atoms with Gasteiger partial charge in [-0.2, -0.15) is 4.98 Å². The van der Waals surface area contributed by atoms with Crippen molar-refractivity contribution < 1.29 is 18.4 Å². The maximum Gasteiger partial charge on any atom is 0.254 e. The first-order valence-corrected chi connectivity index (χ1v) is 5.07. The van der Waals surface area contributed by atoms with Crippen LogP contribution in [0.25, 0.3) is 0 Å². The summed E-state index contributed by atoms with van der Waals surface area (Å²) in [5.41, 5.74) is -0.0701. The molecule has 1 heterocycles. The molecule has 0 saturated carbocycles. The second-order valence-electron chi connectivity index (χ2n) is 3.38. The number of nitrogens with zero attached hydrogens (tertiary/aromatic N) is 2. The number of methoxy groups -OCH3 is 1. The predicted molar refractivity (Wildman–Crippen MR) is 58.4 cm³/mol. The smallest absolute Gasteiger partial charge is 0.254 e. The van der Waals surface area contributed by atoms with Gasteiger partial charge < -0.3 is 14.6 Å². The van der Waals surface area contributed by atoms with E-state index in [0.29, 0.717) is 11.6 Å². The summed E-state index contributed by atoms with van der Waals surface area (Å²) in [5.74, 6) is -0.542. The van der Waals surface area contributed by atoms with Gasteiger partial charge in [0.25, 0.3) is 5.91 Å². The van der Waals surface area contributed by atoms with E-state index in [0.717, 1.165) is 12.5 Å². The highest BCUT2D eigenvalue weighted by atomic mass is 19.1. The highest BCUT2D eigenvalue weighted by molar-refractivity contribution is 5.94. The summed E-state index contributed by atoms with van der Waals surface area (Å²) in [5, 5.41) is 5.99. The van der Waals surface area contributed by atoms with Crippen LogP contribution in [-0.2, 0) is 6.54 Å². The van der Waals surface area contributed by atoms with Crippen LogP contribution in [0.2, 0.25) is 0 Å². The fourth-order valence-corrected chi connectivity index (χ4v) is 1.33. The second kappa shape index (κ2) is 5.26. The van der Waals surface area contributed by atoms with Gasteiger partial charge in [-0.25, -0.2) is 4.39 Å². The standard InChI is InChI=1S/C11H10FN3O3/c1-17-7-2-3-8(9(12)4-7)11(16)13-5-10-14-6-18-15-10/h2-4,6H,5H2,1H3,(H,13,16). The van der Waals surface area contributed by atoms with Crippen molar-refractivity contribution in [3.8, 4) is 5.75 Å². The van der Waals surface area contributed by atoms with Gasteiger partial charge in [0, 0.05) is 6.07 Å². The molecule has 0 saturated heterocycles. The number of hydrogen-bond donors (Lipinski definition) is 1. The van der Waals surface area contributed by atoms with Crippen molar-refractivity contribution in [2.24, 2.45) is 0 Å². The molecule has 1 aromatic heterocycles. The number of hydrogen-bond acceptors (Lipinski definition) is 5. The molecule has 0 unspecified atom stereocenters. The number of amides is 1. The van der Waals surface area contributed by atoms with Gasteiger partial charge in [-0.15, -0.1) is 0 Å². The van der Waals surface area contributed by atoms with Crippen LogP contribution >= 0.6 is 0 Å². The van der Waals surface area contributed by atoms with Crippen LogP contribution < -0.4 is 10.1 Å². The monoisotopic (exact) mass is 251 g/mol. The van der Waals surface area contributed by atoms with E-state index in [4.69, 9.17) is 4.74 Å². The van der Waals surface area contributed by atoms with Gasteiger partial charge >= 0.3 is 0 Å². The summed E-state index contributed by atoms with van der Waals surface area (Å²) in [4.78, 5) is 15.4. The Morgan fingerprint density at radius 2 is 2.39 bits per heavy atom. The fraction of sp³-hybridized carbons (Fsp3) is 0.182. The molecule has 1 N–H and O–H groups in total. The van der Waals surface area contributed by atoms with Crippen LogP contribution in [0.4, 0.5) is 4.39 Å². The van der Waals surface area contributed by atoms with E-state index in [9.17, 15) is 9.18 Å². The van der Waals surface area contributed by atoms with Crippen LogP contribution in [0, 0.1) is 5.82 Å². The van der Waals surface area contributed by atoms with Crippen molar-refractivity contribution in [2.75, 3.05) is 7.11 Å². The number of halogens is 1. The van der Waals surface area contributed by atoms with E-state index in [-0.39, 0.29) is 12.1 Å². The highest BCUT2D eigenvalue weighted by Gasteiger charge is 2.12. The van der Waals surface area contributed by atoms with Crippen LogP contribution in [0.1, 0.15) is 16.2 Å². The van der Waals surface area contributed by atoms with Gasteiger partial charge in [-0.05, 0) is 12.1 Å². The van der Waals surface area contributed by atoms with Crippen LogP contribution in [0.5, 0.6) is 5.75 Å². The molecule has 1 aromatic carbocycles. The zero-order valence-electron chi connectivity index (χ0n) is 9.51. The Morgan fingerprint density at radius 3 is 3.00 bits per heavy atom. The van der Waals surface area contributed by atoms with E-state index < -0.39 is 11.7 Å². The Balaban J connectivity index is 2.04. The summed E-state index contributed by atoms with van der Waals surface area (Å²) < 4.78 is 22.9. The average molecular weight is 251 g/mol. The van der Waals surface area contributed by atoms with Gasteiger partial charge in [0.1, 0.15) is 11.6 Å². The zero-order valence-corrected chi connectivity index (χ0v) is 9.51. The van der Waals surface area contributed by atoms with Gasteiger partial charge in [-0.3, -0.25) is 4.79 Å². The van der Waals surface area contributed by atoms with E-state index in [2.05, 4.69) is 20.0 Å². The Bertz CT molecular complexity index is 542. The lowest BCUT2D eigenvalue weighted by Crippen LogP contribution is -2.24. The SMILES string of the molecule is COc1ccc(C(=O)NCc2ncon2)c(F)c1. The normalized spacial score (nSPS) is 10.1. The third kappa shape index (κ3) is 2.62. The quantitative estimate of drug-likeness (QED) is 0.881. The van der Waals surface area contributed by atoms with Gasteiger partial charge in [-0.1, -0.05) is 5.16 Å². The summed E-state index contributed by atoms with van der Waals surface area (Å²) in [6.45, 7) is 0.0702. The summed E-state index contributed by atoms with van der Waals surface area (Å²) in [6, 6.07) is 4.00. The highest BCUT2D eigenvalue weighted by Crippen LogP contribution is 2.16. The molecule has 0 aliphatic carbocycles. The molecule has 2 rings (SSSR count). The van der Waals surface area contributed by atoms with Gasteiger partial charge in [0.05, 0.1) is 19.2 Å². The minimum atomic E-state index is -0.653. The molecule has 94 valence electrons. The summed E-state index contributed by atoms with van der Waals surface area (Å²) >= 11 is 0. The van der Waals surface area contributed by atoms with Gasteiger partial charge in [0.15, 0.2) is 5.82 Å². The molecular weight excluding hydrogens is 241 g/mol. The second-order valence-corrected chi connectivity index (χ2v) is 3.38. The van der Waals surface area contributed by atoms with E-state index in [1.807, 2.05) is 0 Å². The number of carbonyl (C=O) groups is 1. The number of ether oxygens (including phenoxy) is 1. The molecule has 0 bridgehead atoms. The minimum absolute atomic E-state index is 0.0701. The van der Waals surface area contributed by atoms with E-state index in [1.165, 1.54) is 19.2 Å². The average Bonchev–Trinajstić information content (AvgIpc) is 2.88. The summed E-state index contributed by atoms with van der Waals surface area (Å²) in [7, 11) is 1.42. The van der Waals surface area contributed by atoms with Crippen LogP contribution in [-0.4, -0.2) is 23.2 Å². The van der Waals surface area contributed by atoms with Crippen molar-refractivity contribution in [3.63, 3.8) is 0 Å². The van der Waals surface area contributed by atoms with E-state index >= 15 is 0 Å². The number of benzene rings is 1. The van der Waals surface area contributed by atoms with Crippen molar-refractivity contribution in [1.82, 2.24) is 15.5 Å². The third-order valence-corrected chi connectivity index (χ3v) is 2.23. The molecule has 7 heteroatoms. The number of carbonyl (C=O) groups excluding carboxylic acids is 1. The van der Waals surface area contributed by atoms with Gasteiger partial charge in [0.2, 0.25) is 6.39 Å². The zero-order chi connectivity index (χ0) is 13.0. The molecule has 6 nitrogen and oxygen atoms in total. The maximum absolute atomic E-state index is 13.6. The minimum Gasteiger partial charge on any atom is -0.497 e. The molecular formula is C11H10FN3O3. The first kappa shape index (κ1) is 12.0. The Kier molecular flexibility index (Phi) is 3.52. The molecule has 0 aliphatic rings.